The Hall–Kier alpha value is -2.90. The van der Waals surface area contributed by atoms with Crippen molar-refractivity contribution in [3.8, 4) is 5.75 Å². The number of carbonyl (C=O) groups is 2. The number of hydrogen-bond donors (Lipinski definition) is 0. The molecule has 0 unspecified atom stereocenters. The summed E-state index contributed by atoms with van der Waals surface area (Å²) < 4.78 is 19.7. The fraction of sp³-hybridized carbons (Fsp3) is 0.308. The van der Waals surface area contributed by atoms with E-state index in [9.17, 15) is 14.0 Å². The van der Waals surface area contributed by atoms with Crippen molar-refractivity contribution >= 4 is 34.8 Å². The average molecular weight is 499 g/mol. The van der Waals surface area contributed by atoms with Gasteiger partial charge in [-0.15, -0.1) is 11.3 Å². The molecule has 2 heterocycles. The summed E-state index contributed by atoms with van der Waals surface area (Å²) in [4.78, 5) is 31.3. The van der Waals surface area contributed by atoms with E-state index < -0.39 is 5.82 Å². The smallest absolute Gasteiger partial charge is 0.254 e. The van der Waals surface area contributed by atoms with E-state index in [1.165, 1.54) is 23.1 Å². The molecule has 5 rings (SSSR count). The van der Waals surface area contributed by atoms with Crippen molar-refractivity contribution in [2.75, 3.05) is 19.7 Å². The van der Waals surface area contributed by atoms with Gasteiger partial charge in [-0.2, -0.15) is 0 Å². The molecule has 2 aromatic carbocycles. The number of benzene rings is 2. The number of amides is 2. The third-order valence-corrected chi connectivity index (χ3v) is 7.51. The first-order valence-corrected chi connectivity index (χ1v) is 12.6. The third kappa shape index (κ3) is 4.95. The molecule has 1 aliphatic heterocycles. The number of ether oxygens (including phenoxy) is 1. The molecule has 5 nitrogen and oxygen atoms in total. The lowest BCUT2D eigenvalue weighted by Crippen LogP contribution is -2.48. The van der Waals surface area contributed by atoms with Crippen molar-refractivity contribution in [1.82, 2.24) is 9.80 Å². The fourth-order valence-electron chi connectivity index (χ4n) is 4.36. The van der Waals surface area contributed by atoms with Crippen LogP contribution in [0.1, 0.15) is 39.7 Å². The minimum atomic E-state index is -0.464. The molecular weight excluding hydrogens is 475 g/mol. The van der Waals surface area contributed by atoms with Gasteiger partial charge in [-0.05, 0) is 78.7 Å². The molecule has 0 radical (unpaired) electrons. The second-order valence-corrected chi connectivity index (χ2v) is 10.0. The number of rotatable bonds is 7. The molecule has 2 amide bonds. The van der Waals surface area contributed by atoms with Crippen LogP contribution in [-0.2, 0) is 11.2 Å². The van der Waals surface area contributed by atoms with Crippen molar-refractivity contribution in [3.05, 3.63) is 86.8 Å². The maximum atomic E-state index is 13.7. The lowest BCUT2D eigenvalue weighted by atomic mass is 10.0. The van der Waals surface area contributed by atoms with Crippen LogP contribution in [0.25, 0.3) is 0 Å². The maximum absolute atomic E-state index is 13.7. The first kappa shape index (κ1) is 22.9. The summed E-state index contributed by atoms with van der Waals surface area (Å²) in [5.41, 5.74) is 1.36. The second-order valence-electron chi connectivity index (χ2n) is 8.59. The van der Waals surface area contributed by atoms with E-state index in [4.69, 9.17) is 16.3 Å². The monoisotopic (exact) mass is 498 g/mol. The lowest BCUT2D eigenvalue weighted by molar-refractivity contribution is -0.135. The number of carbonyl (C=O) groups excluding carboxylic acids is 2. The quantitative estimate of drug-likeness (QED) is 0.441. The Morgan fingerprint density at radius 2 is 1.94 bits per heavy atom. The highest BCUT2D eigenvalue weighted by Crippen LogP contribution is 2.35. The molecule has 8 heteroatoms. The Morgan fingerprint density at radius 3 is 2.68 bits per heavy atom. The summed E-state index contributed by atoms with van der Waals surface area (Å²) in [5.74, 6) is -0.218. The molecule has 3 aromatic rings. The van der Waals surface area contributed by atoms with Crippen LogP contribution >= 0.6 is 22.9 Å². The highest BCUT2D eigenvalue weighted by molar-refractivity contribution is 7.10. The van der Waals surface area contributed by atoms with Crippen LogP contribution < -0.4 is 4.74 Å². The van der Waals surface area contributed by atoms with E-state index in [-0.39, 0.29) is 36.0 Å². The maximum Gasteiger partial charge on any atom is 0.254 e. The second kappa shape index (κ2) is 9.76. The SMILES string of the molecule is O=C(c1cccc(F)c1)N(CC(=O)N1CCc2sccc2[C@@H]1COc1ccc(Cl)cc1)C1CC1. The third-order valence-electron chi connectivity index (χ3n) is 6.26. The number of nitrogens with zero attached hydrogens (tertiary/aromatic N) is 2. The zero-order valence-electron chi connectivity index (χ0n) is 18.5. The molecule has 176 valence electrons. The number of halogens is 2. The minimum Gasteiger partial charge on any atom is -0.491 e. The van der Waals surface area contributed by atoms with Gasteiger partial charge in [0.25, 0.3) is 5.91 Å². The molecule has 0 bridgehead atoms. The van der Waals surface area contributed by atoms with E-state index in [1.54, 1.807) is 46.6 Å². The molecular formula is C26H24ClFN2O3S. The fourth-order valence-corrected chi connectivity index (χ4v) is 5.41. The van der Waals surface area contributed by atoms with Gasteiger partial charge in [0.2, 0.25) is 5.91 Å². The van der Waals surface area contributed by atoms with Gasteiger partial charge in [0.1, 0.15) is 24.7 Å². The summed E-state index contributed by atoms with van der Waals surface area (Å²) in [6.45, 7) is 0.836. The highest BCUT2D eigenvalue weighted by Gasteiger charge is 2.38. The summed E-state index contributed by atoms with van der Waals surface area (Å²) in [6, 6.07) is 14.6. The Balaban J connectivity index is 1.34. The summed E-state index contributed by atoms with van der Waals surface area (Å²) in [7, 11) is 0. The van der Waals surface area contributed by atoms with Crippen molar-refractivity contribution in [3.63, 3.8) is 0 Å². The Morgan fingerprint density at radius 1 is 1.15 bits per heavy atom. The van der Waals surface area contributed by atoms with Crippen LogP contribution in [0.3, 0.4) is 0 Å². The van der Waals surface area contributed by atoms with E-state index in [0.29, 0.717) is 23.9 Å². The van der Waals surface area contributed by atoms with Crippen molar-refractivity contribution in [2.45, 2.75) is 31.3 Å². The molecule has 0 spiro atoms. The van der Waals surface area contributed by atoms with Crippen molar-refractivity contribution in [1.29, 1.82) is 0 Å². The van der Waals surface area contributed by atoms with Gasteiger partial charge in [0.05, 0.1) is 6.04 Å². The van der Waals surface area contributed by atoms with Crippen LogP contribution in [0.4, 0.5) is 4.39 Å². The van der Waals surface area contributed by atoms with Crippen LogP contribution in [0.5, 0.6) is 5.75 Å². The van der Waals surface area contributed by atoms with Crippen molar-refractivity contribution < 1.29 is 18.7 Å². The van der Waals surface area contributed by atoms with Gasteiger partial charge in [-0.1, -0.05) is 17.7 Å². The Labute approximate surface area is 206 Å². The first-order chi connectivity index (χ1) is 16.5. The average Bonchev–Trinajstić information content (AvgIpc) is 3.57. The van der Waals surface area contributed by atoms with Crippen LogP contribution in [0.2, 0.25) is 5.02 Å². The van der Waals surface area contributed by atoms with Gasteiger partial charge in [-0.3, -0.25) is 9.59 Å². The highest BCUT2D eigenvalue weighted by atomic mass is 35.5. The Bertz CT molecular complexity index is 1190. The Kier molecular flexibility index (Phi) is 6.57. The van der Waals surface area contributed by atoms with E-state index in [2.05, 4.69) is 0 Å². The molecule has 1 aromatic heterocycles. The summed E-state index contributed by atoms with van der Waals surface area (Å²) in [6.07, 6.45) is 2.48. The number of fused-ring (bicyclic) bond motifs is 1. The van der Waals surface area contributed by atoms with Gasteiger partial charge < -0.3 is 14.5 Å². The molecule has 34 heavy (non-hydrogen) atoms. The molecule has 1 fully saturated rings. The predicted molar refractivity (Wildman–Crippen MR) is 130 cm³/mol. The molecule has 0 saturated heterocycles. The van der Waals surface area contributed by atoms with Gasteiger partial charge >= 0.3 is 0 Å². The predicted octanol–water partition coefficient (Wildman–Crippen LogP) is 5.35. The standard InChI is InChI=1S/C26H24ClFN2O3S/c27-18-4-8-21(9-5-18)33-16-23-22-11-13-34-24(22)10-12-29(23)25(31)15-30(20-6-7-20)26(32)17-2-1-3-19(28)14-17/h1-5,8-9,11,13-14,20,23H,6-7,10,12,15-16H2/t23-/m0/s1. The van der Waals surface area contributed by atoms with Crippen LogP contribution in [0.15, 0.2) is 60.0 Å². The van der Waals surface area contributed by atoms with E-state index in [0.717, 1.165) is 24.8 Å². The molecule has 2 aliphatic rings. The van der Waals surface area contributed by atoms with E-state index in [1.807, 2.05) is 16.3 Å². The molecule has 1 atom stereocenters. The van der Waals surface area contributed by atoms with Gasteiger partial charge in [0.15, 0.2) is 0 Å². The molecule has 1 aliphatic carbocycles. The summed E-state index contributed by atoms with van der Waals surface area (Å²) >= 11 is 7.66. The van der Waals surface area contributed by atoms with E-state index >= 15 is 0 Å². The largest absolute Gasteiger partial charge is 0.491 e. The summed E-state index contributed by atoms with van der Waals surface area (Å²) in [5, 5.41) is 2.67. The zero-order chi connectivity index (χ0) is 23.7. The number of hydrogen-bond acceptors (Lipinski definition) is 4. The van der Waals surface area contributed by atoms with Crippen LogP contribution in [0, 0.1) is 5.82 Å². The van der Waals surface area contributed by atoms with Crippen LogP contribution in [-0.4, -0.2) is 47.4 Å². The normalized spacial score (nSPS) is 17.2. The zero-order valence-corrected chi connectivity index (χ0v) is 20.0. The van der Waals surface area contributed by atoms with Gasteiger partial charge in [0, 0.05) is 28.0 Å². The van der Waals surface area contributed by atoms with Gasteiger partial charge in [-0.25, -0.2) is 4.39 Å². The van der Waals surface area contributed by atoms with Crippen molar-refractivity contribution in [2.24, 2.45) is 0 Å². The molecule has 0 N–H and O–H groups in total. The minimum absolute atomic E-state index is 0.0185. The number of thiophene rings is 1. The topological polar surface area (TPSA) is 49.9 Å². The lowest BCUT2D eigenvalue weighted by Gasteiger charge is -2.37. The first-order valence-electron chi connectivity index (χ1n) is 11.3. The molecule has 1 saturated carbocycles.